The fourth-order valence-corrected chi connectivity index (χ4v) is 2.42. The van der Waals surface area contributed by atoms with Crippen molar-refractivity contribution in [1.29, 1.82) is 0 Å². The van der Waals surface area contributed by atoms with Crippen LogP contribution in [0.2, 0.25) is 5.28 Å². The van der Waals surface area contributed by atoms with Crippen LogP contribution in [0, 0.1) is 3.57 Å². The van der Waals surface area contributed by atoms with Crippen molar-refractivity contribution in [2.45, 2.75) is 32.6 Å². The summed E-state index contributed by atoms with van der Waals surface area (Å²) in [6.07, 6.45) is 4.77. The van der Waals surface area contributed by atoms with Gasteiger partial charge in [-0.1, -0.05) is 26.2 Å². The first-order valence-corrected chi connectivity index (χ1v) is 8.81. The van der Waals surface area contributed by atoms with Crippen molar-refractivity contribution >= 4 is 51.8 Å². The number of halogens is 2. The molecule has 0 unspecified atom stereocenters. The number of anilines is 3. The molecule has 2 aromatic rings. The fourth-order valence-electron chi connectivity index (χ4n) is 1.90. The molecule has 1 heterocycles. The van der Waals surface area contributed by atoms with Gasteiger partial charge >= 0.3 is 0 Å². The lowest BCUT2D eigenvalue weighted by atomic mass is 10.2. The minimum atomic E-state index is 0.180. The molecule has 5 nitrogen and oxygen atoms in total. The summed E-state index contributed by atoms with van der Waals surface area (Å²) in [6.45, 7) is 3.03. The van der Waals surface area contributed by atoms with E-state index in [4.69, 9.17) is 11.6 Å². The van der Waals surface area contributed by atoms with Crippen molar-refractivity contribution in [3.05, 3.63) is 33.1 Å². The van der Waals surface area contributed by atoms with Crippen molar-refractivity contribution < 1.29 is 0 Å². The Balaban J connectivity index is 1.95. The maximum atomic E-state index is 5.96. The Morgan fingerprint density at radius 1 is 1.00 bits per heavy atom. The van der Waals surface area contributed by atoms with Gasteiger partial charge in [-0.3, -0.25) is 0 Å². The standard InChI is InChI=1S/C15H19ClIN5/c1-2-3-4-5-10-18-14-20-13(16)21-15(22-14)19-12-8-6-11(17)7-9-12/h6-9H,2-5,10H2,1H3,(H2,18,19,20,21,22). The van der Waals surface area contributed by atoms with Gasteiger partial charge < -0.3 is 10.6 Å². The van der Waals surface area contributed by atoms with Gasteiger partial charge in [0.15, 0.2) is 0 Å². The quantitative estimate of drug-likeness (QED) is 0.461. The average molecular weight is 432 g/mol. The topological polar surface area (TPSA) is 62.7 Å². The lowest BCUT2D eigenvalue weighted by molar-refractivity contribution is 0.683. The molecule has 0 spiro atoms. The second-order valence-electron chi connectivity index (χ2n) is 4.87. The minimum Gasteiger partial charge on any atom is -0.354 e. The highest BCUT2D eigenvalue weighted by atomic mass is 127. The minimum absolute atomic E-state index is 0.180. The zero-order valence-corrected chi connectivity index (χ0v) is 15.4. The van der Waals surface area contributed by atoms with E-state index in [1.54, 1.807) is 0 Å². The number of nitrogens with one attached hydrogen (secondary N) is 2. The van der Waals surface area contributed by atoms with Crippen LogP contribution in [0.1, 0.15) is 32.6 Å². The van der Waals surface area contributed by atoms with Gasteiger partial charge in [-0.25, -0.2) is 0 Å². The Kier molecular flexibility index (Phi) is 7.11. The maximum absolute atomic E-state index is 5.96. The number of rotatable bonds is 8. The van der Waals surface area contributed by atoms with Gasteiger partial charge in [0.1, 0.15) is 0 Å². The van der Waals surface area contributed by atoms with E-state index < -0.39 is 0 Å². The van der Waals surface area contributed by atoms with Crippen LogP contribution < -0.4 is 10.6 Å². The van der Waals surface area contributed by atoms with E-state index in [0.29, 0.717) is 11.9 Å². The molecule has 7 heteroatoms. The van der Waals surface area contributed by atoms with Gasteiger partial charge in [0.2, 0.25) is 17.2 Å². The molecule has 2 rings (SSSR count). The van der Waals surface area contributed by atoms with Gasteiger partial charge in [0.25, 0.3) is 0 Å². The summed E-state index contributed by atoms with van der Waals surface area (Å²) in [7, 11) is 0. The van der Waals surface area contributed by atoms with Gasteiger partial charge in [-0.05, 0) is 64.9 Å². The van der Waals surface area contributed by atoms with Crippen LogP contribution in [0.5, 0.6) is 0 Å². The maximum Gasteiger partial charge on any atom is 0.233 e. The Morgan fingerprint density at radius 2 is 1.73 bits per heavy atom. The van der Waals surface area contributed by atoms with Gasteiger partial charge in [0, 0.05) is 15.8 Å². The molecule has 0 fully saturated rings. The van der Waals surface area contributed by atoms with E-state index in [0.717, 1.165) is 18.7 Å². The number of hydrogen-bond acceptors (Lipinski definition) is 5. The first-order chi connectivity index (χ1) is 10.7. The number of aromatic nitrogens is 3. The summed E-state index contributed by atoms with van der Waals surface area (Å²) in [6, 6.07) is 7.96. The lowest BCUT2D eigenvalue weighted by Crippen LogP contribution is -2.08. The Morgan fingerprint density at radius 3 is 2.45 bits per heavy atom. The molecule has 22 heavy (non-hydrogen) atoms. The first-order valence-electron chi connectivity index (χ1n) is 7.35. The molecular formula is C15H19ClIN5. The summed E-state index contributed by atoms with van der Waals surface area (Å²) < 4.78 is 1.17. The van der Waals surface area contributed by atoms with E-state index in [1.807, 2.05) is 24.3 Å². The average Bonchev–Trinajstić information content (AvgIpc) is 2.49. The van der Waals surface area contributed by atoms with Crippen LogP contribution in [0.25, 0.3) is 0 Å². The Labute approximate surface area is 149 Å². The zero-order valence-electron chi connectivity index (χ0n) is 12.4. The number of unbranched alkanes of at least 4 members (excludes halogenated alkanes) is 3. The highest BCUT2D eigenvalue weighted by Gasteiger charge is 2.05. The lowest BCUT2D eigenvalue weighted by Gasteiger charge is -2.08. The summed E-state index contributed by atoms with van der Waals surface area (Å²) in [5.74, 6) is 0.946. The summed E-state index contributed by atoms with van der Waals surface area (Å²) >= 11 is 8.22. The normalized spacial score (nSPS) is 10.5. The molecule has 0 atom stereocenters. The van der Waals surface area contributed by atoms with Crippen LogP contribution in [0.4, 0.5) is 17.6 Å². The van der Waals surface area contributed by atoms with E-state index in [2.05, 4.69) is 55.1 Å². The number of hydrogen-bond donors (Lipinski definition) is 2. The molecule has 1 aromatic carbocycles. The number of benzene rings is 1. The predicted octanol–water partition coefficient (Wildman–Crippen LogP) is 4.87. The molecule has 1 aromatic heterocycles. The van der Waals surface area contributed by atoms with Gasteiger partial charge in [-0.2, -0.15) is 15.0 Å². The van der Waals surface area contributed by atoms with Crippen LogP contribution in [-0.2, 0) is 0 Å². The second kappa shape index (κ2) is 9.09. The smallest absolute Gasteiger partial charge is 0.233 e. The fraction of sp³-hybridized carbons (Fsp3) is 0.400. The zero-order chi connectivity index (χ0) is 15.8. The molecule has 0 bridgehead atoms. The second-order valence-corrected chi connectivity index (χ2v) is 6.45. The highest BCUT2D eigenvalue weighted by Crippen LogP contribution is 2.17. The van der Waals surface area contributed by atoms with Crippen LogP contribution in [0.15, 0.2) is 24.3 Å². The van der Waals surface area contributed by atoms with E-state index in [1.165, 1.54) is 22.8 Å². The third-order valence-corrected chi connectivity index (χ3v) is 3.91. The van der Waals surface area contributed by atoms with Crippen molar-refractivity contribution in [3.63, 3.8) is 0 Å². The molecule has 0 aliphatic carbocycles. The highest BCUT2D eigenvalue weighted by molar-refractivity contribution is 14.1. The van der Waals surface area contributed by atoms with Crippen LogP contribution in [-0.4, -0.2) is 21.5 Å². The molecular weight excluding hydrogens is 413 g/mol. The van der Waals surface area contributed by atoms with Crippen molar-refractivity contribution in [1.82, 2.24) is 15.0 Å². The monoisotopic (exact) mass is 431 g/mol. The summed E-state index contributed by atoms with van der Waals surface area (Å²) in [5, 5.41) is 6.50. The van der Waals surface area contributed by atoms with Gasteiger partial charge in [0.05, 0.1) is 0 Å². The summed E-state index contributed by atoms with van der Waals surface area (Å²) in [4.78, 5) is 12.5. The Hall–Kier alpha value is -1.15. The van der Waals surface area contributed by atoms with Crippen LogP contribution in [0.3, 0.4) is 0 Å². The number of nitrogens with zero attached hydrogens (tertiary/aromatic N) is 3. The van der Waals surface area contributed by atoms with E-state index in [9.17, 15) is 0 Å². The molecule has 0 amide bonds. The SMILES string of the molecule is CCCCCCNc1nc(Cl)nc(Nc2ccc(I)cc2)n1. The third kappa shape index (κ3) is 5.92. The van der Waals surface area contributed by atoms with Gasteiger partial charge in [-0.15, -0.1) is 0 Å². The summed E-state index contributed by atoms with van der Waals surface area (Å²) in [5.41, 5.74) is 0.913. The first kappa shape index (κ1) is 17.2. The molecule has 0 radical (unpaired) electrons. The third-order valence-electron chi connectivity index (χ3n) is 3.02. The van der Waals surface area contributed by atoms with E-state index >= 15 is 0 Å². The molecule has 0 aliphatic rings. The van der Waals surface area contributed by atoms with E-state index in [-0.39, 0.29) is 5.28 Å². The van der Waals surface area contributed by atoms with Crippen molar-refractivity contribution in [2.24, 2.45) is 0 Å². The largest absolute Gasteiger partial charge is 0.354 e. The van der Waals surface area contributed by atoms with Crippen LogP contribution >= 0.6 is 34.2 Å². The molecule has 0 aliphatic heterocycles. The van der Waals surface area contributed by atoms with Crippen molar-refractivity contribution in [3.8, 4) is 0 Å². The molecule has 0 saturated carbocycles. The molecule has 0 saturated heterocycles. The molecule has 2 N–H and O–H groups in total. The predicted molar refractivity (Wildman–Crippen MR) is 99.9 cm³/mol. The Bertz CT molecular complexity index is 591. The molecule has 118 valence electrons. The van der Waals surface area contributed by atoms with Crippen molar-refractivity contribution in [2.75, 3.05) is 17.2 Å².